The standard InChI is InChI=1S/C15H14N4O5/c1-24-13-12(19(22)23)9-17(16-13)7-4-8-18-14(20)10-5-2-3-6-11(10)15(18)21/h2-3,5-6,9H,4,7-8H2,1H3. The Balaban J connectivity index is 1.65. The van der Waals surface area contributed by atoms with Gasteiger partial charge >= 0.3 is 11.6 Å². The van der Waals surface area contributed by atoms with Gasteiger partial charge in [0.2, 0.25) is 0 Å². The summed E-state index contributed by atoms with van der Waals surface area (Å²) in [5.74, 6) is -0.708. The largest absolute Gasteiger partial charge is 0.475 e. The van der Waals surface area contributed by atoms with E-state index in [0.29, 0.717) is 24.1 Å². The summed E-state index contributed by atoms with van der Waals surface area (Å²) in [4.78, 5) is 35.9. The maximum absolute atomic E-state index is 12.2. The molecule has 2 amide bonds. The summed E-state index contributed by atoms with van der Waals surface area (Å²) in [6.45, 7) is 0.528. The Morgan fingerprint density at radius 2 is 1.79 bits per heavy atom. The highest BCUT2D eigenvalue weighted by molar-refractivity contribution is 6.21. The maximum Gasteiger partial charge on any atom is 0.350 e. The molecule has 9 heteroatoms. The lowest BCUT2D eigenvalue weighted by atomic mass is 10.1. The van der Waals surface area contributed by atoms with Crippen molar-refractivity contribution in [2.24, 2.45) is 0 Å². The summed E-state index contributed by atoms with van der Waals surface area (Å²) >= 11 is 0. The molecule has 24 heavy (non-hydrogen) atoms. The monoisotopic (exact) mass is 330 g/mol. The first kappa shape index (κ1) is 15.7. The third-order valence-electron chi connectivity index (χ3n) is 3.75. The number of rotatable bonds is 6. The quantitative estimate of drug-likeness (QED) is 0.451. The van der Waals surface area contributed by atoms with Gasteiger partial charge < -0.3 is 4.74 Å². The summed E-state index contributed by atoms with van der Waals surface area (Å²) in [5.41, 5.74) is 0.580. The molecule has 0 unspecified atom stereocenters. The van der Waals surface area contributed by atoms with Gasteiger partial charge in [-0.25, -0.2) is 0 Å². The SMILES string of the molecule is COc1nn(CCCN2C(=O)c3ccccc3C2=O)cc1[N+](=O)[O-]. The molecule has 3 rings (SSSR count). The van der Waals surface area contributed by atoms with Gasteiger partial charge in [0.15, 0.2) is 0 Å². The number of ether oxygens (including phenoxy) is 1. The fraction of sp³-hybridized carbons (Fsp3) is 0.267. The number of amides is 2. The molecule has 0 aliphatic carbocycles. The van der Waals surface area contributed by atoms with E-state index in [2.05, 4.69) is 5.10 Å². The van der Waals surface area contributed by atoms with Crippen molar-refractivity contribution in [3.8, 4) is 5.88 Å². The van der Waals surface area contributed by atoms with Gasteiger partial charge in [-0.2, -0.15) is 0 Å². The van der Waals surface area contributed by atoms with Crippen molar-refractivity contribution < 1.29 is 19.2 Å². The molecular formula is C15H14N4O5. The van der Waals surface area contributed by atoms with Gasteiger partial charge in [0, 0.05) is 13.1 Å². The minimum atomic E-state index is -0.577. The van der Waals surface area contributed by atoms with Crippen molar-refractivity contribution >= 4 is 17.5 Å². The molecule has 0 saturated carbocycles. The Bertz CT molecular complexity index is 794. The van der Waals surface area contributed by atoms with E-state index < -0.39 is 4.92 Å². The number of nitrogens with zero attached hydrogens (tertiary/aromatic N) is 4. The predicted molar refractivity (Wildman–Crippen MR) is 81.9 cm³/mol. The second kappa shape index (κ2) is 6.11. The highest BCUT2D eigenvalue weighted by Crippen LogP contribution is 2.25. The van der Waals surface area contributed by atoms with Crippen LogP contribution in [0.5, 0.6) is 5.88 Å². The van der Waals surface area contributed by atoms with E-state index in [1.165, 1.54) is 22.9 Å². The van der Waals surface area contributed by atoms with Crippen LogP contribution in [0.1, 0.15) is 27.1 Å². The highest BCUT2D eigenvalue weighted by atomic mass is 16.6. The number of imide groups is 1. The summed E-state index contributed by atoms with van der Waals surface area (Å²) < 4.78 is 6.22. The van der Waals surface area contributed by atoms with Crippen LogP contribution in [0, 0.1) is 10.1 Å². The van der Waals surface area contributed by atoms with Gasteiger partial charge in [0.05, 0.1) is 23.2 Å². The molecule has 1 aliphatic heterocycles. The molecule has 0 fully saturated rings. The van der Waals surface area contributed by atoms with Crippen LogP contribution >= 0.6 is 0 Å². The minimum absolute atomic E-state index is 0.0688. The normalized spacial score (nSPS) is 13.3. The van der Waals surface area contributed by atoms with Crippen LogP contribution in [0.25, 0.3) is 0 Å². The Morgan fingerprint density at radius 1 is 1.17 bits per heavy atom. The van der Waals surface area contributed by atoms with Crippen LogP contribution < -0.4 is 4.74 Å². The molecule has 0 spiro atoms. The Hall–Kier alpha value is -3.23. The molecule has 1 aromatic carbocycles. The zero-order valence-electron chi connectivity index (χ0n) is 12.8. The van der Waals surface area contributed by atoms with Crippen molar-refractivity contribution in [2.45, 2.75) is 13.0 Å². The number of fused-ring (bicyclic) bond motifs is 1. The molecular weight excluding hydrogens is 316 g/mol. The second-order valence-electron chi connectivity index (χ2n) is 5.20. The minimum Gasteiger partial charge on any atom is -0.475 e. The number of hydrogen-bond acceptors (Lipinski definition) is 6. The van der Waals surface area contributed by atoms with Gasteiger partial charge in [-0.05, 0) is 18.6 Å². The summed E-state index contributed by atoms with van der Waals surface area (Å²) in [6.07, 6.45) is 1.69. The van der Waals surface area contributed by atoms with Gasteiger partial charge in [0.1, 0.15) is 6.20 Å². The zero-order chi connectivity index (χ0) is 17.3. The first-order valence-electron chi connectivity index (χ1n) is 7.24. The van der Waals surface area contributed by atoms with Crippen molar-refractivity contribution in [1.29, 1.82) is 0 Å². The zero-order valence-corrected chi connectivity index (χ0v) is 12.8. The lowest BCUT2D eigenvalue weighted by Gasteiger charge is -2.13. The highest BCUT2D eigenvalue weighted by Gasteiger charge is 2.34. The number of aryl methyl sites for hydroxylation is 1. The number of aromatic nitrogens is 2. The van der Waals surface area contributed by atoms with Crippen LogP contribution in [0.2, 0.25) is 0 Å². The van der Waals surface area contributed by atoms with Gasteiger partial charge in [0.25, 0.3) is 11.8 Å². The van der Waals surface area contributed by atoms with Crippen LogP contribution in [0.15, 0.2) is 30.5 Å². The molecule has 0 N–H and O–H groups in total. The second-order valence-corrected chi connectivity index (χ2v) is 5.20. The Morgan fingerprint density at radius 3 is 2.29 bits per heavy atom. The molecule has 0 saturated heterocycles. The van der Waals surface area contributed by atoms with Crippen LogP contribution in [-0.4, -0.2) is 45.1 Å². The van der Waals surface area contributed by atoms with E-state index in [4.69, 9.17) is 4.74 Å². The smallest absolute Gasteiger partial charge is 0.350 e. The van der Waals surface area contributed by atoms with E-state index in [9.17, 15) is 19.7 Å². The first-order valence-corrected chi connectivity index (χ1v) is 7.24. The van der Waals surface area contributed by atoms with Crippen molar-refractivity contribution in [2.75, 3.05) is 13.7 Å². The lowest BCUT2D eigenvalue weighted by Crippen LogP contribution is -2.31. The molecule has 1 aliphatic rings. The van der Waals surface area contributed by atoms with Crippen LogP contribution in [-0.2, 0) is 6.54 Å². The molecule has 0 bridgehead atoms. The molecule has 2 heterocycles. The van der Waals surface area contributed by atoms with Crippen LogP contribution in [0.4, 0.5) is 5.69 Å². The number of carbonyl (C=O) groups is 2. The van der Waals surface area contributed by atoms with E-state index in [1.54, 1.807) is 24.3 Å². The predicted octanol–water partition coefficient (Wildman–Crippen LogP) is 1.49. The third-order valence-corrected chi connectivity index (χ3v) is 3.75. The summed E-state index contributed by atoms with van der Waals surface area (Å²) in [6, 6.07) is 6.67. The average Bonchev–Trinajstić information content (AvgIpc) is 3.10. The average molecular weight is 330 g/mol. The molecule has 2 aromatic rings. The third kappa shape index (κ3) is 2.60. The van der Waals surface area contributed by atoms with Crippen molar-refractivity contribution in [1.82, 2.24) is 14.7 Å². The first-order chi connectivity index (χ1) is 11.5. The number of benzene rings is 1. The van der Waals surface area contributed by atoms with Crippen molar-refractivity contribution in [3.05, 3.63) is 51.7 Å². The van der Waals surface area contributed by atoms with Gasteiger partial charge in [-0.1, -0.05) is 12.1 Å². The van der Waals surface area contributed by atoms with Crippen LogP contribution in [0.3, 0.4) is 0 Å². The number of methoxy groups -OCH3 is 1. The fourth-order valence-electron chi connectivity index (χ4n) is 2.61. The molecule has 1 aromatic heterocycles. The van der Waals surface area contributed by atoms with E-state index in [0.717, 1.165) is 0 Å². The van der Waals surface area contributed by atoms with E-state index >= 15 is 0 Å². The summed E-state index contributed by atoms with van der Waals surface area (Å²) in [7, 11) is 1.30. The number of carbonyl (C=O) groups excluding carboxylic acids is 2. The van der Waals surface area contributed by atoms with E-state index in [1.807, 2.05) is 0 Å². The summed E-state index contributed by atoms with van der Waals surface area (Å²) in [5, 5.41) is 14.8. The van der Waals surface area contributed by atoms with Gasteiger partial charge in [-0.3, -0.25) is 29.3 Å². The van der Waals surface area contributed by atoms with Gasteiger partial charge in [-0.15, -0.1) is 5.10 Å². The fourth-order valence-corrected chi connectivity index (χ4v) is 2.61. The number of hydrogen-bond donors (Lipinski definition) is 0. The Labute approximate surface area is 136 Å². The molecule has 9 nitrogen and oxygen atoms in total. The maximum atomic E-state index is 12.2. The lowest BCUT2D eigenvalue weighted by molar-refractivity contribution is -0.385. The Kier molecular flexibility index (Phi) is 3.98. The van der Waals surface area contributed by atoms with E-state index in [-0.39, 0.29) is 29.9 Å². The molecule has 0 radical (unpaired) electrons. The van der Waals surface area contributed by atoms with Crippen molar-refractivity contribution in [3.63, 3.8) is 0 Å². The topological polar surface area (TPSA) is 108 Å². The number of nitro groups is 1. The molecule has 0 atom stereocenters. The molecule has 124 valence electrons.